The molecule has 1 fully saturated rings. The van der Waals surface area contributed by atoms with Crippen LogP contribution in [-0.2, 0) is 17.8 Å². The summed E-state index contributed by atoms with van der Waals surface area (Å²) in [5.74, 6) is 0.742. The highest BCUT2D eigenvalue weighted by atomic mass is 16.5. The molecule has 1 aromatic heterocycles. The van der Waals surface area contributed by atoms with Gasteiger partial charge in [-0.3, -0.25) is 14.2 Å². The quantitative estimate of drug-likeness (QED) is 0.602. The lowest BCUT2D eigenvalue weighted by Gasteiger charge is -2.38. The van der Waals surface area contributed by atoms with Crippen LogP contribution in [0, 0.1) is 0 Å². The lowest BCUT2D eigenvalue weighted by atomic mass is 9.91. The first-order chi connectivity index (χ1) is 16.0. The van der Waals surface area contributed by atoms with E-state index in [1.807, 2.05) is 59.5 Å². The summed E-state index contributed by atoms with van der Waals surface area (Å²) in [6.07, 6.45) is 3.48. The Labute approximate surface area is 193 Å². The first kappa shape index (κ1) is 22.7. The molecule has 0 saturated carbocycles. The van der Waals surface area contributed by atoms with E-state index in [2.05, 4.69) is 4.98 Å². The number of aliphatic hydroxyl groups is 1. The third kappa shape index (κ3) is 5.49. The predicted molar refractivity (Wildman–Crippen MR) is 126 cm³/mol. The van der Waals surface area contributed by atoms with E-state index in [4.69, 9.17) is 4.74 Å². The van der Waals surface area contributed by atoms with E-state index in [0.717, 1.165) is 11.1 Å². The van der Waals surface area contributed by atoms with Crippen LogP contribution in [0.4, 0.5) is 0 Å². The number of aryl methyl sites for hydroxylation is 1. The zero-order valence-electron chi connectivity index (χ0n) is 18.8. The van der Waals surface area contributed by atoms with Crippen LogP contribution in [0.3, 0.4) is 0 Å². The summed E-state index contributed by atoms with van der Waals surface area (Å²) in [5, 5.41) is 11.1. The van der Waals surface area contributed by atoms with Crippen molar-refractivity contribution in [2.45, 2.75) is 37.8 Å². The largest absolute Gasteiger partial charge is 0.496 e. The van der Waals surface area contributed by atoms with Crippen molar-refractivity contribution in [1.29, 1.82) is 0 Å². The number of hydrogen-bond acceptors (Lipinski definition) is 5. The minimum Gasteiger partial charge on any atom is -0.496 e. The van der Waals surface area contributed by atoms with Crippen LogP contribution in [0.5, 0.6) is 5.75 Å². The Kier molecular flexibility index (Phi) is 6.89. The standard InChI is InChI=1S/C26H29N3O4/c1-33-23-10-6-5-9-21(23)22-17-25(31)29(19-27-22)18-26(32)13-15-28(16-14-26)24(30)12-11-20-7-3-2-4-8-20/h2-10,17,19,32H,11-16,18H2,1H3. The Morgan fingerprint density at radius 3 is 2.48 bits per heavy atom. The van der Waals surface area contributed by atoms with Gasteiger partial charge in [0.05, 0.1) is 31.3 Å². The molecule has 7 heteroatoms. The Morgan fingerprint density at radius 2 is 1.79 bits per heavy atom. The molecule has 1 N–H and O–H groups in total. The van der Waals surface area contributed by atoms with Crippen LogP contribution >= 0.6 is 0 Å². The molecule has 0 aliphatic carbocycles. The Balaban J connectivity index is 1.36. The number of likely N-dealkylation sites (tertiary alicyclic amines) is 1. The number of carbonyl (C=O) groups is 1. The first-order valence-corrected chi connectivity index (χ1v) is 11.2. The van der Waals surface area contributed by atoms with Gasteiger partial charge in [0, 0.05) is 31.1 Å². The van der Waals surface area contributed by atoms with E-state index in [9.17, 15) is 14.7 Å². The molecule has 1 aliphatic heterocycles. The lowest BCUT2D eigenvalue weighted by Crippen LogP contribution is -2.49. The number of hydrogen-bond donors (Lipinski definition) is 1. The highest BCUT2D eigenvalue weighted by molar-refractivity contribution is 5.76. The third-order valence-electron chi connectivity index (χ3n) is 6.24. The number of ether oxygens (including phenoxy) is 1. The zero-order valence-corrected chi connectivity index (χ0v) is 18.8. The van der Waals surface area contributed by atoms with Gasteiger partial charge in [-0.2, -0.15) is 0 Å². The summed E-state index contributed by atoms with van der Waals surface area (Å²) in [5.41, 5.74) is 1.13. The lowest BCUT2D eigenvalue weighted by molar-refractivity contribution is -0.135. The minimum atomic E-state index is -1.05. The van der Waals surface area contributed by atoms with Gasteiger partial charge in [0.1, 0.15) is 5.75 Å². The van der Waals surface area contributed by atoms with Crippen LogP contribution < -0.4 is 10.3 Å². The molecule has 0 radical (unpaired) electrons. The molecule has 1 saturated heterocycles. The molecule has 0 unspecified atom stereocenters. The van der Waals surface area contributed by atoms with Crippen LogP contribution in [-0.4, -0.2) is 51.3 Å². The molecular weight excluding hydrogens is 418 g/mol. The Bertz CT molecular complexity index is 1150. The molecule has 2 heterocycles. The molecule has 4 rings (SSSR count). The van der Waals surface area contributed by atoms with E-state index < -0.39 is 5.60 Å². The molecule has 0 atom stereocenters. The molecule has 2 aromatic carbocycles. The van der Waals surface area contributed by atoms with Gasteiger partial charge in [0.15, 0.2) is 0 Å². The fraction of sp³-hybridized carbons (Fsp3) is 0.346. The number of aromatic nitrogens is 2. The monoisotopic (exact) mass is 447 g/mol. The second-order valence-electron chi connectivity index (χ2n) is 8.53. The van der Waals surface area contributed by atoms with Gasteiger partial charge in [-0.25, -0.2) is 4.98 Å². The van der Waals surface area contributed by atoms with E-state index in [0.29, 0.717) is 50.2 Å². The van der Waals surface area contributed by atoms with Crippen LogP contribution in [0.2, 0.25) is 0 Å². The number of benzene rings is 2. The zero-order chi connectivity index (χ0) is 23.3. The molecule has 7 nitrogen and oxygen atoms in total. The van der Waals surface area contributed by atoms with Crippen molar-refractivity contribution in [2.24, 2.45) is 0 Å². The summed E-state index contributed by atoms with van der Waals surface area (Å²) in [6.45, 7) is 1.11. The van der Waals surface area contributed by atoms with Gasteiger partial charge >= 0.3 is 0 Å². The summed E-state index contributed by atoms with van der Waals surface area (Å²) < 4.78 is 6.79. The fourth-order valence-corrected chi connectivity index (χ4v) is 4.25. The summed E-state index contributed by atoms with van der Waals surface area (Å²) in [4.78, 5) is 31.5. The summed E-state index contributed by atoms with van der Waals surface area (Å²) in [6, 6.07) is 18.8. The average Bonchev–Trinajstić information content (AvgIpc) is 2.85. The second-order valence-corrected chi connectivity index (χ2v) is 8.53. The molecular formula is C26H29N3O4. The molecule has 33 heavy (non-hydrogen) atoms. The van der Waals surface area contributed by atoms with Gasteiger partial charge in [-0.05, 0) is 37.0 Å². The number of methoxy groups -OCH3 is 1. The normalized spacial score (nSPS) is 15.3. The smallest absolute Gasteiger partial charge is 0.253 e. The summed E-state index contributed by atoms with van der Waals surface area (Å²) >= 11 is 0. The number of para-hydroxylation sites is 1. The number of amides is 1. The maximum Gasteiger partial charge on any atom is 0.253 e. The van der Waals surface area contributed by atoms with Gasteiger partial charge in [-0.15, -0.1) is 0 Å². The number of piperidine rings is 1. The van der Waals surface area contributed by atoms with E-state index in [-0.39, 0.29) is 18.0 Å². The van der Waals surface area contributed by atoms with E-state index in [1.54, 1.807) is 7.11 Å². The average molecular weight is 448 g/mol. The molecule has 3 aromatic rings. The predicted octanol–water partition coefficient (Wildman–Crippen LogP) is 2.91. The maximum atomic E-state index is 12.7. The van der Waals surface area contributed by atoms with Crippen molar-refractivity contribution in [2.75, 3.05) is 20.2 Å². The first-order valence-electron chi connectivity index (χ1n) is 11.2. The van der Waals surface area contributed by atoms with Crippen molar-refractivity contribution in [3.63, 3.8) is 0 Å². The number of nitrogens with zero attached hydrogens (tertiary/aromatic N) is 3. The number of rotatable bonds is 7. The van der Waals surface area contributed by atoms with Crippen LogP contribution in [0.1, 0.15) is 24.8 Å². The molecule has 1 amide bonds. The maximum absolute atomic E-state index is 12.7. The van der Waals surface area contributed by atoms with Crippen LogP contribution in [0.25, 0.3) is 11.3 Å². The third-order valence-corrected chi connectivity index (χ3v) is 6.24. The van der Waals surface area contributed by atoms with E-state index >= 15 is 0 Å². The highest BCUT2D eigenvalue weighted by Crippen LogP contribution is 2.28. The Morgan fingerprint density at radius 1 is 1.09 bits per heavy atom. The van der Waals surface area contributed by atoms with E-state index in [1.165, 1.54) is 17.0 Å². The van der Waals surface area contributed by atoms with Crippen molar-refractivity contribution >= 4 is 5.91 Å². The fourth-order valence-electron chi connectivity index (χ4n) is 4.25. The van der Waals surface area contributed by atoms with Gasteiger partial charge in [0.25, 0.3) is 5.56 Å². The van der Waals surface area contributed by atoms with Crippen molar-refractivity contribution in [1.82, 2.24) is 14.5 Å². The Hall–Kier alpha value is -3.45. The molecule has 0 bridgehead atoms. The van der Waals surface area contributed by atoms with Gasteiger partial charge in [0.2, 0.25) is 5.91 Å². The second kappa shape index (κ2) is 10.0. The molecule has 1 aliphatic rings. The number of carbonyl (C=O) groups excluding carboxylic acids is 1. The molecule has 0 spiro atoms. The minimum absolute atomic E-state index is 0.0981. The van der Waals surface area contributed by atoms with Crippen LogP contribution in [0.15, 0.2) is 71.8 Å². The SMILES string of the molecule is COc1ccccc1-c1cc(=O)n(CC2(O)CCN(C(=O)CCc3ccccc3)CC2)cn1. The van der Waals surface area contributed by atoms with Crippen molar-refractivity contribution < 1.29 is 14.6 Å². The van der Waals surface area contributed by atoms with Crippen molar-refractivity contribution in [3.8, 4) is 17.0 Å². The van der Waals surface area contributed by atoms with Gasteiger partial charge < -0.3 is 14.7 Å². The topological polar surface area (TPSA) is 84.7 Å². The van der Waals surface area contributed by atoms with Gasteiger partial charge in [-0.1, -0.05) is 42.5 Å². The van der Waals surface area contributed by atoms with Crippen molar-refractivity contribution in [3.05, 3.63) is 82.9 Å². The highest BCUT2D eigenvalue weighted by Gasteiger charge is 2.34. The summed E-state index contributed by atoms with van der Waals surface area (Å²) in [7, 11) is 1.58. The molecule has 172 valence electrons.